The molecule has 0 aromatic heterocycles. The lowest BCUT2D eigenvalue weighted by Gasteiger charge is -2.18. The quantitative estimate of drug-likeness (QED) is 0.888. The Morgan fingerprint density at radius 3 is 2.38 bits per heavy atom. The molecule has 1 aliphatic rings. The zero-order chi connectivity index (χ0) is 16.9. The van der Waals surface area contributed by atoms with Gasteiger partial charge in [0.15, 0.2) is 0 Å². The molecule has 0 radical (unpaired) electrons. The average molecular weight is 323 g/mol. The van der Waals surface area contributed by atoms with Crippen LogP contribution in [-0.2, 0) is 9.59 Å². The van der Waals surface area contributed by atoms with Crippen LogP contribution < -0.4 is 15.5 Å². The fourth-order valence-corrected chi connectivity index (χ4v) is 2.75. The van der Waals surface area contributed by atoms with E-state index in [1.807, 2.05) is 61.5 Å². The molecule has 1 saturated heterocycles. The lowest BCUT2D eigenvalue weighted by atomic mass is 10.2. The third-order valence-electron chi connectivity index (χ3n) is 4.07. The second-order valence-electron chi connectivity index (χ2n) is 5.92. The highest BCUT2D eigenvalue weighted by Gasteiger charge is 2.21. The maximum atomic E-state index is 12.2. The van der Waals surface area contributed by atoms with E-state index in [0.29, 0.717) is 6.42 Å². The van der Waals surface area contributed by atoms with Gasteiger partial charge in [-0.1, -0.05) is 18.2 Å². The fourth-order valence-electron chi connectivity index (χ4n) is 2.75. The molecule has 0 aliphatic carbocycles. The molecule has 2 aromatic rings. The molecule has 0 bridgehead atoms. The van der Waals surface area contributed by atoms with Crippen molar-refractivity contribution in [2.24, 2.45) is 0 Å². The van der Waals surface area contributed by atoms with Crippen LogP contribution >= 0.6 is 0 Å². The number of amides is 2. The van der Waals surface area contributed by atoms with Crippen LogP contribution in [0.2, 0.25) is 0 Å². The fraction of sp³-hybridized carbons (Fsp3) is 0.263. The van der Waals surface area contributed by atoms with Crippen LogP contribution in [0, 0.1) is 0 Å². The van der Waals surface area contributed by atoms with Crippen molar-refractivity contribution in [3.8, 4) is 0 Å². The summed E-state index contributed by atoms with van der Waals surface area (Å²) < 4.78 is 0. The molecule has 1 heterocycles. The van der Waals surface area contributed by atoms with Gasteiger partial charge in [-0.3, -0.25) is 9.59 Å². The predicted octanol–water partition coefficient (Wildman–Crippen LogP) is 3.25. The zero-order valence-electron chi connectivity index (χ0n) is 13.7. The van der Waals surface area contributed by atoms with Crippen molar-refractivity contribution in [3.05, 3.63) is 54.6 Å². The van der Waals surface area contributed by atoms with Gasteiger partial charge in [0.05, 0.1) is 0 Å². The Labute approximate surface area is 141 Å². The summed E-state index contributed by atoms with van der Waals surface area (Å²) >= 11 is 0. The summed E-state index contributed by atoms with van der Waals surface area (Å²) in [6.07, 6.45) is 1.53. The Morgan fingerprint density at radius 1 is 1.04 bits per heavy atom. The van der Waals surface area contributed by atoms with Crippen molar-refractivity contribution in [3.63, 3.8) is 0 Å². The molecule has 0 unspecified atom stereocenters. The van der Waals surface area contributed by atoms with E-state index in [0.717, 1.165) is 30.0 Å². The molecule has 2 N–H and O–H groups in total. The van der Waals surface area contributed by atoms with Gasteiger partial charge in [0.2, 0.25) is 11.8 Å². The molecule has 0 saturated carbocycles. The maximum Gasteiger partial charge on any atom is 0.246 e. The van der Waals surface area contributed by atoms with Crippen molar-refractivity contribution >= 4 is 28.9 Å². The smallest absolute Gasteiger partial charge is 0.246 e. The number of carbonyl (C=O) groups is 2. The number of anilines is 3. The standard InChI is InChI=1S/C19H21N3O2/c1-14(19(24)21-15-6-3-2-4-7-15)20-16-9-11-17(12-10-16)22-13-5-8-18(22)23/h2-4,6-7,9-12,14,20H,5,8,13H2,1H3,(H,21,24)/t14-/m0/s1. The van der Waals surface area contributed by atoms with Crippen LogP contribution in [-0.4, -0.2) is 24.4 Å². The molecule has 2 aromatic carbocycles. The van der Waals surface area contributed by atoms with Crippen molar-refractivity contribution in [1.82, 2.24) is 0 Å². The number of hydrogen-bond acceptors (Lipinski definition) is 3. The predicted molar refractivity (Wildman–Crippen MR) is 96.2 cm³/mol. The number of hydrogen-bond donors (Lipinski definition) is 2. The van der Waals surface area contributed by atoms with Gasteiger partial charge in [-0.15, -0.1) is 0 Å². The molecule has 2 amide bonds. The van der Waals surface area contributed by atoms with Crippen molar-refractivity contribution < 1.29 is 9.59 Å². The van der Waals surface area contributed by atoms with Crippen LogP contribution in [0.15, 0.2) is 54.6 Å². The van der Waals surface area contributed by atoms with Gasteiger partial charge in [0.1, 0.15) is 6.04 Å². The van der Waals surface area contributed by atoms with Crippen LogP contribution in [0.25, 0.3) is 0 Å². The van der Waals surface area contributed by atoms with Gasteiger partial charge in [-0.2, -0.15) is 0 Å². The average Bonchev–Trinajstić information content (AvgIpc) is 3.02. The van der Waals surface area contributed by atoms with Gasteiger partial charge in [-0.25, -0.2) is 0 Å². The summed E-state index contributed by atoms with van der Waals surface area (Å²) in [7, 11) is 0. The first-order valence-electron chi connectivity index (χ1n) is 8.16. The first kappa shape index (κ1) is 16.1. The Bertz CT molecular complexity index is 713. The lowest BCUT2D eigenvalue weighted by Crippen LogP contribution is -2.31. The topological polar surface area (TPSA) is 61.4 Å². The van der Waals surface area contributed by atoms with E-state index in [1.165, 1.54) is 0 Å². The third-order valence-corrected chi connectivity index (χ3v) is 4.07. The summed E-state index contributed by atoms with van der Waals surface area (Å²) in [6.45, 7) is 2.59. The van der Waals surface area contributed by atoms with E-state index >= 15 is 0 Å². The van der Waals surface area contributed by atoms with Gasteiger partial charge >= 0.3 is 0 Å². The van der Waals surface area contributed by atoms with Crippen LogP contribution in [0.5, 0.6) is 0 Å². The monoisotopic (exact) mass is 323 g/mol. The normalized spacial score (nSPS) is 15.2. The number of rotatable bonds is 5. The zero-order valence-corrected chi connectivity index (χ0v) is 13.7. The van der Waals surface area contributed by atoms with E-state index in [1.54, 1.807) is 4.90 Å². The van der Waals surface area contributed by atoms with E-state index in [-0.39, 0.29) is 17.9 Å². The highest BCUT2D eigenvalue weighted by Crippen LogP contribution is 2.23. The molecular formula is C19H21N3O2. The van der Waals surface area contributed by atoms with Crippen molar-refractivity contribution in [1.29, 1.82) is 0 Å². The van der Waals surface area contributed by atoms with Gasteiger partial charge in [-0.05, 0) is 49.7 Å². The van der Waals surface area contributed by atoms with Gasteiger partial charge < -0.3 is 15.5 Å². The van der Waals surface area contributed by atoms with E-state index in [4.69, 9.17) is 0 Å². The minimum absolute atomic E-state index is 0.0972. The number of nitrogens with zero attached hydrogens (tertiary/aromatic N) is 1. The second kappa shape index (κ2) is 7.17. The van der Waals surface area contributed by atoms with Crippen LogP contribution in [0.1, 0.15) is 19.8 Å². The highest BCUT2D eigenvalue weighted by atomic mass is 16.2. The van der Waals surface area contributed by atoms with Crippen LogP contribution in [0.4, 0.5) is 17.1 Å². The van der Waals surface area contributed by atoms with Crippen LogP contribution in [0.3, 0.4) is 0 Å². The molecule has 1 atom stereocenters. The molecule has 1 fully saturated rings. The summed E-state index contributed by atoms with van der Waals surface area (Å²) in [5.41, 5.74) is 2.53. The maximum absolute atomic E-state index is 12.2. The number of carbonyl (C=O) groups excluding carboxylic acids is 2. The highest BCUT2D eigenvalue weighted by molar-refractivity contribution is 5.97. The van der Waals surface area contributed by atoms with Gasteiger partial charge in [0, 0.05) is 30.0 Å². The molecule has 3 rings (SSSR count). The molecule has 124 valence electrons. The lowest BCUT2D eigenvalue weighted by molar-refractivity contribution is -0.117. The Kier molecular flexibility index (Phi) is 4.79. The van der Waals surface area contributed by atoms with Gasteiger partial charge in [0.25, 0.3) is 0 Å². The summed E-state index contributed by atoms with van der Waals surface area (Å²) in [4.78, 5) is 25.8. The molecule has 24 heavy (non-hydrogen) atoms. The van der Waals surface area contributed by atoms with E-state index < -0.39 is 0 Å². The van der Waals surface area contributed by atoms with Crippen molar-refractivity contribution in [2.45, 2.75) is 25.8 Å². The van der Waals surface area contributed by atoms with E-state index in [2.05, 4.69) is 10.6 Å². The Morgan fingerprint density at radius 2 is 1.75 bits per heavy atom. The minimum Gasteiger partial charge on any atom is -0.374 e. The molecule has 0 spiro atoms. The molecule has 5 heteroatoms. The first-order chi connectivity index (χ1) is 11.6. The minimum atomic E-state index is -0.371. The summed E-state index contributed by atoms with van der Waals surface area (Å²) in [5, 5.41) is 6.04. The third kappa shape index (κ3) is 3.74. The number of benzene rings is 2. The van der Waals surface area contributed by atoms with E-state index in [9.17, 15) is 9.59 Å². The van der Waals surface area contributed by atoms with Crippen molar-refractivity contribution in [2.75, 3.05) is 22.1 Å². The summed E-state index contributed by atoms with van der Waals surface area (Å²) in [5.74, 6) is 0.0753. The number of nitrogens with one attached hydrogen (secondary N) is 2. The number of para-hydroxylation sites is 1. The molecule has 1 aliphatic heterocycles. The largest absolute Gasteiger partial charge is 0.374 e. The second-order valence-corrected chi connectivity index (χ2v) is 5.92. The molecular weight excluding hydrogens is 302 g/mol. The Balaban J connectivity index is 1.59. The Hall–Kier alpha value is -2.82. The summed E-state index contributed by atoms with van der Waals surface area (Å²) in [6, 6.07) is 16.6. The first-order valence-corrected chi connectivity index (χ1v) is 8.16. The SMILES string of the molecule is C[C@H](Nc1ccc(N2CCCC2=O)cc1)C(=O)Nc1ccccc1. The molecule has 5 nitrogen and oxygen atoms in total.